The molecule has 1 aliphatic carbocycles. The molecule has 0 saturated carbocycles. The first-order chi connectivity index (χ1) is 15.8. The summed E-state index contributed by atoms with van der Waals surface area (Å²) in [6, 6.07) is 31.0. The standard InChI is InChI=1S/C29H26O3/c1-30-26-17-24-13-12-23-16-25(31-19-21-8-4-2-5-9-21)14-15-27(23)29(24)28(18-26)32-20-22-10-6-3-7-11-22/h2-11,14-18H,12-13,19-20H2,1H3. The second-order valence-corrected chi connectivity index (χ2v) is 8.03. The number of fused-ring (bicyclic) bond motifs is 3. The smallest absolute Gasteiger partial charge is 0.131 e. The van der Waals surface area contributed by atoms with Gasteiger partial charge in [-0.25, -0.2) is 0 Å². The van der Waals surface area contributed by atoms with Crippen molar-refractivity contribution in [2.75, 3.05) is 7.11 Å². The van der Waals surface area contributed by atoms with E-state index in [-0.39, 0.29) is 0 Å². The molecule has 0 aliphatic heterocycles. The molecule has 3 nitrogen and oxygen atoms in total. The Bertz CT molecular complexity index is 1200. The molecule has 0 bridgehead atoms. The third kappa shape index (κ3) is 4.33. The Morgan fingerprint density at radius 1 is 0.625 bits per heavy atom. The highest BCUT2D eigenvalue weighted by molar-refractivity contribution is 5.80. The van der Waals surface area contributed by atoms with Crippen LogP contribution in [0.15, 0.2) is 91.0 Å². The number of aryl methyl sites for hydroxylation is 2. The Labute approximate surface area is 189 Å². The minimum absolute atomic E-state index is 0.522. The van der Waals surface area contributed by atoms with Gasteiger partial charge >= 0.3 is 0 Å². The molecule has 0 saturated heterocycles. The first kappa shape index (κ1) is 20.2. The van der Waals surface area contributed by atoms with Gasteiger partial charge in [-0.2, -0.15) is 0 Å². The molecule has 1 aliphatic rings. The van der Waals surface area contributed by atoms with Crippen molar-refractivity contribution in [3.8, 4) is 28.4 Å². The average molecular weight is 423 g/mol. The number of hydrogen-bond acceptors (Lipinski definition) is 3. The van der Waals surface area contributed by atoms with Gasteiger partial charge in [0.2, 0.25) is 0 Å². The van der Waals surface area contributed by atoms with E-state index in [2.05, 4.69) is 48.5 Å². The fourth-order valence-electron chi connectivity index (χ4n) is 4.24. The van der Waals surface area contributed by atoms with Crippen LogP contribution in [0.4, 0.5) is 0 Å². The Balaban J connectivity index is 1.43. The molecular formula is C29H26O3. The Hall–Kier alpha value is -3.72. The summed E-state index contributed by atoms with van der Waals surface area (Å²) in [6.07, 6.45) is 1.92. The number of methoxy groups -OCH3 is 1. The highest BCUT2D eigenvalue weighted by Crippen LogP contribution is 2.43. The Morgan fingerprint density at radius 3 is 1.94 bits per heavy atom. The van der Waals surface area contributed by atoms with Gasteiger partial charge in [-0.05, 0) is 58.9 Å². The first-order valence-corrected chi connectivity index (χ1v) is 11.0. The van der Waals surface area contributed by atoms with E-state index >= 15 is 0 Å². The van der Waals surface area contributed by atoms with Crippen LogP contribution in [-0.2, 0) is 26.1 Å². The van der Waals surface area contributed by atoms with E-state index in [0.717, 1.165) is 41.2 Å². The van der Waals surface area contributed by atoms with Gasteiger partial charge in [0, 0.05) is 11.6 Å². The minimum atomic E-state index is 0.522. The second-order valence-electron chi connectivity index (χ2n) is 8.03. The quantitative estimate of drug-likeness (QED) is 0.335. The van der Waals surface area contributed by atoms with Crippen molar-refractivity contribution < 1.29 is 14.2 Å². The summed E-state index contributed by atoms with van der Waals surface area (Å²) in [5.74, 6) is 2.59. The maximum atomic E-state index is 6.31. The average Bonchev–Trinajstić information content (AvgIpc) is 2.86. The van der Waals surface area contributed by atoms with Crippen LogP contribution in [0, 0.1) is 0 Å². The molecule has 0 fully saturated rings. The lowest BCUT2D eigenvalue weighted by Gasteiger charge is -2.24. The molecule has 0 radical (unpaired) electrons. The number of benzene rings is 4. The van der Waals surface area contributed by atoms with Gasteiger partial charge in [0.1, 0.15) is 30.5 Å². The molecule has 32 heavy (non-hydrogen) atoms. The van der Waals surface area contributed by atoms with Crippen molar-refractivity contribution in [3.63, 3.8) is 0 Å². The van der Waals surface area contributed by atoms with E-state index in [1.807, 2.05) is 42.5 Å². The van der Waals surface area contributed by atoms with Gasteiger partial charge in [0.25, 0.3) is 0 Å². The molecule has 0 spiro atoms. The highest BCUT2D eigenvalue weighted by Gasteiger charge is 2.22. The Kier molecular flexibility index (Phi) is 5.80. The minimum Gasteiger partial charge on any atom is -0.497 e. The van der Waals surface area contributed by atoms with Gasteiger partial charge in [-0.15, -0.1) is 0 Å². The third-order valence-electron chi connectivity index (χ3n) is 5.89. The van der Waals surface area contributed by atoms with Gasteiger partial charge < -0.3 is 14.2 Å². The van der Waals surface area contributed by atoms with Crippen molar-refractivity contribution in [1.29, 1.82) is 0 Å². The number of rotatable bonds is 7. The predicted molar refractivity (Wildman–Crippen MR) is 127 cm³/mol. The van der Waals surface area contributed by atoms with Gasteiger partial charge in [0.15, 0.2) is 0 Å². The molecule has 5 rings (SSSR count). The predicted octanol–water partition coefficient (Wildman–Crippen LogP) is 6.62. The molecule has 0 N–H and O–H groups in total. The van der Waals surface area contributed by atoms with E-state index in [0.29, 0.717) is 13.2 Å². The molecule has 0 heterocycles. The molecule has 0 amide bonds. The second kappa shape index (κ2) is 9.19. The summed E-state index contributed by atoms with van der Waals surface area (Å²) in [7, 11) is 1.70. The molecular weight excluding hydrogens is 396 g/mol. The molecule has 4 aromatic carbocycles. The summed E-state index contributed by atoms with van der Waals surface area (Å²) in [5, 5.41) is 0. The van der Waals surface area contributed by atoms with Crippen molar-refractivity contribution in [1.82, 2.24) is 0 Å². The summed E-state index contributed by atoms with van der Waals surface area (Å²) in [5.41, 5.74) is 7.24. The van der Waals surface area contributed by atoms with E-state index in [1.165, 1.54) is 22.3 Å². The van der Waals surface area contributed by atoms with E-state index < -0.39 is 0 Å². The molecule has 4 aromatic rings. The van der Waals surface area contributed by atoms with Crippen LogP contribution in [0.3, 0.4) is 0 Å². The summed E-state index contributed by atoms with van der Waals surface area (Å²) >= 11 is 0. The zero-order valence-corrected chi connectivity index (χ0v) is 18.2. The van der Waals surface area contributed by atoms with Crippen LogP contribution >= 0.6 is 0 Å². The Morgan fingerprint density at radius 2 is 1.25 bits per heavy atom. The maximum absolute atomic E-state index is 6.31. The molecule has 0 aromatic heterocycles. The van der Waals surface area contributed by atoms with Gasteiger partial charge in [0.05, 0.1) is 7.11 Å². The molecule has 0 unspecified atom stereocenters. The topological polar surface area (TPSA) is 27.7 Å². The third-order valence-corrected chi connectivity index (χ3v) is 5.89. The van der Waals surface area contributed by atoms with Crippen molar-refractivity contribution in [2.24, 2.45) is 0 Å². The van der Waals surface area contributed by atoms with Crippen LogP contribution < -0.4 is 14.2 Å². The number of hydrogen-bond donors (Lipinski definition) is 0. The van der Waals surface area contributed by atoms with E-state index in [4.69, 9.17) is 14.2 Å². The lowest BCUT2D eigenvalue weighted by molar-refractivity contribution is 0.304. The molecule has 3 heteroatoms. The zero-order chi connectivity index (χ0) is 21.8. The fraction of sp³-hybridized carbons (Fsp3) is 0.172. The van der Waals surface area contributed by atoms with Crippen LogP contribution in [0.2, 0.25) is 0 Å². The maximum Gasteiger partial charge on any atom is 0.131 e. The van der Waals surface area contributed by atoms with Crippen molar-refractivity contribution in [3.05, 3.63) is 113 Å². The summed E-state index contributed by atoms with van der Waals surface area (Å²) in [4.78, 5) is 0. The largest absolute Gasteiger partial charge is 0.497 e. The van der Waals surface area contributed by atoms with Gasteiger partial charge in [-0.3, -0.25) is 0 Å². The molecule has 0 atom stereocenters. The normalized spacial score (nSPS) is 11.9. The van der Waals surface area contributed by atoms with E-state index in [1.54, 1.807) is 7.11 Å². The first-order valence-electron chi connectivity index (χ1n) is 11.0. The SMILES string of the molecule is COc1cc2c(c(OCc3ccccc3)c1)-c1ccc(OCc3ccccc3)cc1CC2. The van der Waals surface area contributed by atoms with Crippen LogP contribution in [-0.4, -0.2) is 7.11 Å². The fourth-order valence-corrected chi connectivity index (χ4v) is 4.24. The van der Waals surface area contributed by atoms with Gasteiger partial charge in [-0.1, -0.05) is 66.7 Å². The molecule has 160 valence electrons. The summed E-state index contributed by atoms with van der Waals surface area (Å²) < 4.78 is 17.9. The lowest BCUT2D eigenvalue weighted by Crippen LogP contribution is -2.08. The van der Waals surface area contributed by atoms with Crippen LogP contribution in [0.1, 0.15) is 22.3 Å². The van der Waals surface area contributed by atoms with Crippen LogP contribution in [0.5, 0.6) is 17.2 Å². The number of ether oxygens (including phenoxy) is 3. The highest BCUT2D eigenvalue weighted by atomic mass is 16.5. The monoisotopic (exact) mass is 422 g/mol. The summed E-state index contributed by atoms with van der Waals surface area (Å²) in [6.45, 7) is 1.09. The van der Waals surface area contributed by atoms with Crippen molar-refractivity contribution in [2.45, 2.75) is 26.1 Å². The van der Waals surface area contributed by atoms with E-state index in [9.17, 15) is 0 Å². The zero-order valence-electron chi connectivity index (χ0n) is 18.2. The lowest BCUT2D eigenvalue weighted by atomic mass is 9.84. The van der Waals surface area contributed by atoms with Crippen molar-refractivity contribution >= 4 is 0 Å². The van der Waals surface area contributed by atoms with Crippen LogP contribution in [0.25, 0.3) is 11.1 Å².